The van der Waals surface area contributed by atoms with Crippen LogP contribution in [0.15, 0.2) is 20.9 Å². The average Bonchev–Trinajstić information content (AvgIpc) is 2.85. The fraction of sp³-hybridized carbons (Fsp3) is 0.545. The number of hydrogen-bond acceptors (Lipinski definition) is 5. The number of rotatable bonds is 1. The highest BCUT2D eigenvalue weighted by atomic mass is 79.9. The molecule has 3 atom stereocenters. The van der Waals surface area contributed by atoms with E-state index >= 15 is 0 Å². The maximum atomic E-state index is 5.92. The molecule has 0 amide bonds. The van der Waals surface area contributed by atoms with Crippen molar-refractivity contribution in [1.82, 2.24) is 0 Å². The van der Waals surface area contributed by atoms with E-state index < -0.39 is 0 Å². The highest BCUT2D eigenvalue weighted by Gasteiger charge is 2.52. The van der Waals surface area contributed by atoms with Gasteiger partial charge in [0.15, 0.2) is 5.17 Å². The van der Waals surface area contributed by atoms with Gasteiger partial charge in [-0.15, -0.1) is 11.3 Å². The lowest BCUT2D eigenvalue weighted by Crippen LogP contribution is -2.40. The molecule has 0 aliphatic carbocycles. The lowest BCUT2D eigenvalue weighted by Gasteiger charge is -2.33. The van der Waals surface area contributed by atoms with Gasteiger partial charge < -0.3 is 10.5 Å². The first-order chi connectivity index (χ1) is 8.12. The van der Waals surface area contributed by atoms with Crippen LogP contribution < -0.4 is 5.73 Å². The van der Waals surface area contributed by atoms with Crippen LogP contribution in [0.3, 0.4) is 0 Å². The highest BCUT2D eigenvalue weighted by Crippen LogP contribution is 2.49. The topological polar surface area (TPSA) is 47.6 Å². The van der Waals surface area contributed by atoms with Gasteiger partial charge in [-0.25, -0.2) is 4.99 Å². The summed E-state index contributed by atoms with van der Waals surface area (Å²) >= 11 is 6.87. The molecule has 2 aliphatic rings. The molecule has 0 unspecified atom stereocenters. The predicted molar refractivity (Wildman–Crippen MR) is 76.7 cm³/mol. The molecular formula is C11H13BrN2OS2. The summed E-state index contributed by atoms with van der Waals surface area (Å²) in [6.45, 7) is 2.78. The zero-order valence-electron chi connectivity index (χ0n) is 9.35. The van der Waals surface area contributed by atoms with Crippen molar-refractivity contribution in [2.75, 3.05) is 12.4 Å². The van der Waals surface area contributed by atoms with Crippen LogP contribution in [0.25, 0.3) is 0 Å². The third-order valence-corrected chi connectivity index (χ3v) is 6.23. The normalized spacial score (nSPS) is 36.7. The lowest BCUT2D eigenvalue weighted by molar-refractivity contribution is 0.108. The van der Waals surface area contributed by atoms with Crippen LogP contribution in [0.4, 0.5) is 0 Å². The van der Waals surface area contributed by atoms with E-state index in [1.165, 1.54) is 4.88 Å². The molecule has 0 radical (unpaired) electrons. The van der Waals surface area contributed by atoms with E-state index in [2.05, 4.69) is 34.3 Å². The van der Waals surface area contributed by atoms with Gasteiger partial charge in [-0.1, -0.05) is 11.8 Å². The van der Waals surface area contributed by atoms with Crippen molar-refractivity contribution < 1.29 is 4.74 Å². The Morgan fingerprint density at radius 1 is 1.65 bits per heavy atom. The third kappa shape index (κ3) is 1.85. The number of thioether (sulfide) groups is 1. The van der Waals surface area contributed by atoms with Gasteiger partial charge in [0.1, 0.15) is 5.54 Å². The highest BCUT2D eigenvalue weighted by molar-refractivity contribution is 9.10. The first-order valence-corrected chi connectivity index (χ1v) is 8.12. The SMILES string of the molecule is C[C@H]1OC[C@]2(c3cc(Br)cs3)N=C(N)SC[C@H]12. The molecule has 3 heterocycles. The van der Waals surface area contributed by atoms with E-state index in [4.69, 9.17) is 15.5 Å². The van der Waals surface area contributed by atoms with Crippen molar-refractivity contribution in [3.8, 4) is 0 Å². The molecule has 0 saturated carbocycles. The summed E-state index contributed by atoms with van der Waals surface area (Å²) in [5.41, 5.74) is 5.67. The first-order valence-electron chi connectivity index (χ1n) is 5.46. The predicted octanol–water partition coefficient (Wildman–Crippen LogP) is 2.80. The summed E-state index contributed by atoms with van der Waals surface area (Å²) in [6.07, 6.45) is 0.250. The quantitative estimate of drug-likeness (QED) is 0.860. The number of fused-ring (bicyclic) bond motifs is 1. The van der Waals surface area contributed by atoms with Gasteiger partial charge in [-0.05, 0) is 28.9 Å². The van der Waals surface area contributed by atoms with Crippen molar-refractivity contribution in [1.29, 1.82) is 0 Å². The Morgan fingerprint density at radius 3 is 3.18 bits per heavy atom. The molecular weight excluding hydrogens is 320 g/mol. The Hall–Kier alpha value is -0.0400. The maximum absolute atomic E-state index is 5.92. The molecule has 0 aromatic carbocycles. The van der Waals surface area contributed by atoms with Gasteiger partial charge in [0.05, 0.1) is 12.7 Å². The van der Waals surface area contributed by atoms with Crippen molar-refractivity contribution in [3.05, 3.63) is 20.8 Å². The van der Waals surface area contributed by atoms with E-state index in [1.54, 1.807) is 23.1 Å². The molecule has 1 saturated heterocycles. The van der Waals surface area contributed by atoms with Gasteiger partial charge in [0.25, 0.3) is 0 Å². The van der Waals surface area contributed by atoms with Crippen LogP contribution in [0.1, 0.15) is 11.8 Å². The van der Waals surface area contributed by atoms with Crippen LogP contribution >= 0.6 is 39.0 Å². The molecule has 3 rings (SSSR count). The van der Waals surface area contributed by atoms with Crippen LogP contribution in [0, 0.1) is 5.92 Å². The number of halogens is 1. The number of amidine groups is 1. The Kier molecular flexibility index (Phi) is 3.01. The average molecular weight is 333 g/mol. The Bertz CT molecular complexity index is 476. The molecule has 2 aliphatic heterocycles. The standard InChI is InChI=1S/C11H13BrN2OS2/c1-6-8-4-17-10(13)14-11(8,5-15-6)9-2-7(12)3-16-9/h2-3,6,8H,4-5H2,1H3,(H2,13,14)/t6-,8-,11+/m1/s1. The lowest BCUT2D eigenvalue weighted by atomic mass is 9.84. The van der Waals surface area contributed by atoms with E-state index in [0.29, 0.717) is 17.7 Å². The second-order valence-corrected chi connectivity index (χ2v) is 7.30. The number of thiophene rings is 1. The summed E-state index contributed by atoms with van der Waals surface area (Å²) in [6, 6.07) is 2.14. The maximum Gasteiger partial charge on any atom is 0.154 e. The van der Waals surface area contributed by atoms with E-state index in [-0.39, 0.29) is 11.6 Å². The van der Waals surface area contributed by atoms with Crippen molar-refractivity contribution in [3.63, 3.8) is 0 Å². The second-order valence-electron chi connectivity index (χ2n) is 4.44. The Balaban J connectivity index is 2.10. The number of ether oxygens (including phenoxy) is 1. The summed E-state index contributed by atoms with van der Waals surface area (Å²) in [5.74, 6) is 1.41. The summed E-state index contributed by atoms with van der Waals surface area (Å²) in [4.78, 5) is 5.98. The molecule has 17 heavy (non-hydrogen) atoms. The molecule has 3 nitrogen and oxygen atoms in total. The molecule has 2 N–H and O–H groups in total. The smallest absolute Gasteiger partial charge is 0.154 e. The molecule has 1 fully saturated rings. The molecule has 6 heteroatoms. The zero-order chi connectivity index (χ0) is 12.0. The molecule has 1 aromatic heterocycles. The monoisotopic (exact) mass is 332 g/mol. The second kappa shape index (κ2) is 4.26. The summed E-state index contributed by atoms with van der Waals surface area (Å²) in [7, 11) is 0. The van der Waals surface area contributed by atoms with Crippen molar-refractivity contribution in [2.45, 2.75) is 18.6 Å². The minimum Gasteiger partial charge on any atom is -0.379 e. The molecule has 92 valence electrons. The molecule has 1 aromatic rings. The Morgan fingerprint density at radius 2 is 2.47 bits per heavy atom. The number of hydrogen-bond donors (Lipinski definition) is 1. The first kappa shape index (κ1) is 12.0. The van der Waals surface area contributed by atoms with Gasteiger partial charge in [-0.2, -0.15) is 0 Å². The minimum absolute atomic E-state index is 0.245. The van der Waals surface area contributed by atoms with Crippen LogP contribution in [0.2, 0.25) is 0 Å². The minimum atomic E-state index is -0.245. The molecule has 0 spiro atoms. The molecule has 0 bridgehead atoms. The third-order valence-electron chi connectivity index (χ3n) is 3.46. The van der Waals surface area contributed by atoms with Gasteiger partial charge in [0, 0.05) is 26.4 Å². The van der Waals surface area contributed by atoms with Crippen LogP contribution in [-0.4, -0.2) is 23.6 Å². The number of aliphatic imine (C=N–C) groups is 1. The van der Waals surface area contributed by atoms with E-state index in [1.807, 2.05) is 0 Å². The summed E-state index contributed by atoms with van der Waals surface area (Å²) in [5, 5.41) is 2.78. The fourth-order valence-electron chi connectivity index (χ4n) is 2.51. The fourth-order valence-corrected chi connectivity index (χ4v) is 5.26. The van der Waals surface area contributed by atoms with Gasteiger partial charge in [-0.3, -0.25) is 0 Å². The van der Waals surface area contributed by atoms with E-state index in [9.17, 15) is 0 Å². The van der Waals surface area contributed by atoms with Gasteiger partial charge in [0.2, 0.25) is 0 Å². The largest absolute Gasteiger partial charge is 0.379 e. The van der Waals surface area contributed by atoms with Crippen molar-refractivity contribution in [2.24, 2.45) is 16.6 Å². The van der Waals surface area contributed by atoms with E-state index in [0.717, 1.165) is 10.2 Å². The zero-order valence-corrected chi connectivity index (χ0v) is 12.6. The van der Waals surface area contributed by atoms with Crippen molar-refractivity contribution >= 4 is 44.2 Å². The van der Waals surface area contributed by atoms with Crippen LogP contribution in [0.5, 0.6) is 0 Å². The number of nitrogens with zero attached hydrogens (tertiary/aromatic N) is 1. The Labute approximate surface area is 117 Å². The van der Waals surface area contributed by atoms with Gasteiger partial charge >= 0.3 is 0 Å². The number of nitrogens with two attached hydrogens (primary N) is 1. The summed E-state index contributed by atoms with van der Waals surface area (Å²) < 4.78 is 6.94. The van der Waals surface area contributed by atoms with Crippen LogP contribution in [-0.2, 0) is 10.3 Å².